The first-order valence-corrected chi connectivity index (χ1v) is 4.92. The van der Waals surface area contributed by atoms with E-state index in [1.165, 1.54) is 12.1 Å². The third-order valence-electron chi connectivity index (χ3n) is 2.39. The number of ether oxygens (including phenoxy) is 1. The van der Waals surface area contributed by atoms with Crippen LogP contribution in [0.2, 0.25) is 0 Å². The molecule has 0 spiro atoms. The van der Waals surface area contributed by atoms with Crippen molar-refractivity contribution in [2.75, 3.05) is 11.9 Å². The molecule has 1 heterocycles. The lowest BCUT2D eigenvalue weighted by Crippen LogP contribution is -2.28. The summed E-state index contributed by atoms with van der Waals surface area (Å²) >= 11 is 0. The van der Waals surface area contributed by atoms with Crippen molar-refractivity contribution in [3.05, 3.63) is 29.6 Å². The van der Waals surface area contributed by atoms with Crippen LogP contribution < -0.4 is 5.32 Å². The van der Waals surface area contributed by atoms with Gasteiger partial charge < -0.3 is 10.1 Å². The van der Waals surface area contributed by atoms with Gasteiger partial charge in [-0.1, -0.05) is 0 Å². The van der Waals surface area contributed by atoms with Gasteiger partial charge in [0.05, 0.1) is 6.61 Å². The molecule has 1 aliphatic heterocycles. The lowest BCUT2D eigenvalue weighted by molar-refractivity contribution is -0.143. The minimum Gasteiger partial charge on any atom is -0.464 e. The second kappa shape index (κ2) is 3.88. The van der Waals surface area contributed by atoms with Gasteiger partial charge in [0.2, 0.25) is 0 Å². The Morgan fingerprint density at radius 3 is 3.20 bits per heavy atom. The predicted octanol–water partition coefficient (Wildman–Crippen LogP) is 1.73. The molecule has 1 aliphatic rings. The van der Waals surface area contributed by atoms with Gasteiger partial charge in [0.15, 0.2) is 0 Å². The molecule has 0 radical (unpaired) electrons. The third kappa shape index (κ3) is 1.93. The van der Waals surface area contributed by atoms with E-state index in [2.05, 4.69) is 5.32 Å². The highest BCUT2D eigenvalue weighted by Crippen LogP contribution is 2.26. The summed E-state index contributed by atoms with van der Waals surface area (Å²) in [4.78, 5) is 11.4. The van der Waals surface area contributed by atoms with Gasteiger partial charge in [-0.05, 0) is 30.7 Å². The fourth-order valence-electron chi connectivity index (χ4n) is 1.72. The van der Waals surface area contributed by atoms with Crippen molar-refractivity contribution in [3.63, 3.8) is 0 Å². The van der Waals surface area contributed by atoms with Gasteiger partial charge >= 0.3 is 5.97 Å². The van der Waals surface area contributed by atoms with E-state index in [1.54, 1.807) is 13.0 Å². The quantitative estimate of drug-likeness (QED) is 0.754. The second-order valence-corrected chi connectivity index (χ2v) is 3.45. The van der Waals surface area contributed by atoms with Gasteiger partial charge in [-0.25, -0.2) is 9.18 Å². The average Bonchev–Trinajstić information content (AvgIpc) is 2.60. The van der Waals surface area contributed by atoms with Gasteiger partial charge in [0.25, 0.3) is 0 Å². The van der Waals surface area contributed by atoms with Crippen molar-refractivity contribution in [2.24, 2.45) is 0 Å². The lowest BCUT2D eigenvalue weighted by atomic mass is 10.1. The fraction of sp³-hybridized carbons (Fsp3) is 0.364. The number of nitrogens with one attached hydrogen (secondary N) is 1. The molecule has 1 aromatic rings. The Labute approximate surface area is 87.2 Å². The molecule has 1 atom stereocenters. The molecule has 0 aromatic heterocycles. The zero-order valence-corrected chi connectivity index (χ0v) is 8.42. The second-order valence-electron chi connectivity index (χ2n) is 3.45. The maximum atomic E-state index is 12.9. The Kier molecular flexibility index (Phi) is 2.58. The van der Waals surface area contributed by atoms with Gasteiger partial charge in [0.1, 0.15) is 11.9 Å². The minimum atomic E-state index is -0.373. The lowest BCUT2D eigenvalue weighted by Gasteiger charge is -2.09. The number of esters is 1. The Bertz CT molecular complexity index is 392. The Morgan fingerprint density at radius 2 is 2.47 bits per heavy atom. The van der Waals surface area contributed by atoms with Gasteiger partial charge in [0, 0.05) is 12.1 Å². The van der Waals surface area contributed by atoms with Gasteiger partial charge in [-0.15, -0.1) is 0 Å². The monoisotopic (exact) mass is 209 g/mol. The molecule has 0 saturated carbocycles. The molecule has 2 rings (SSSR count). The van der Waals surface area contributed by atoms with Crippen LogP contribution in [-0.4, -0.2) is 18.6 Å². The number of benzene rings is 1. The highest BCUT2D eigenvalue weighted by Gasteiger charge is 2.27. The summed E-state index contributed by atoms with van der Waals surface area (Å²) in [7, 11) is 0. The number of anilines is 1. The number of carbonyl (C=O) groups is 1. The summed E-state index contributed by atoms with van der Waals surface area (Å²) in [6.07, 6.45) is 0.492. The first-order chi connectivity index (χ1) is 7.20. The van der Waals surface area contributed by atoms with Crippen LogP contribution in [0.25, 0.3) is 0 Å². The number of hydrogen-bond acceptors (Lipinski definition) is 3. The molecular formula is C11H12FNO2. The van der Waals surface area contributed by atoms with Crippen LogP contribution in [0, 0.1) is 5.82 Å². The van der Waals surface area contributed by atoms with Crippen LogP contribution >= 0.6 is 0 Å². The normalized spacial score (nSPS) is 18.1. The maximum absolute atomic E-state index is 12.9. The first-order valence-electron chi connectivity index (χ1n) is 4.92. The molecule has 0 aliphatic carbocycles. The molecule has 0 amide bonds. The largest absolute Gasteiger partial charge is 0.464 e. The summed E-state index contributed by atoms with van der Waals surface area (Å²) in [5.41, 5.74) is 1.64. The SMILES string of the molecule is CCOC(=O)C1Cc2cc(F)ccc2N1. The zero-order chi connectivity index (χ0) is 10.8. The van der Waals surface area contributed by atoms with Crippen molar-refractivity contribution in [1.29, 1.82) is 0 Å². The van der Waals surface area contributed by atoms with Gasteiger partial charge in [-0.3, -0.25) is 0 Å². The van der Waals surface area contributed by atoms with Crippen LogP contribution in [0.1, 0.15) is 12.5 Å². The van der Waals surface area contributed by atoms with Gasteiger partial charge in [-0.2, -0.15) is 0 Å². The summed E-state index contributed by atoms with van der Waals surface area (Å²) in [5, 5.41) is 3.01. The van der Waals surface area contributed by atoms with E-state index in [-0.39, 0.29) is 17.8 Å². The first kappa shape index (κ1) is 9.96. The van der Waals surface area contributed by atoms with E-state index in [0.29, 0.717) is 13.0 Å². The smallest absolute Gasteiger partial charge is 0.328 e. The van der Waals surface area contributed by atoms with Crippen molar-refractivity contribution in [3.8, 4) is 0 Å². The number of hydrogen-bond donors (Lipinski definition) is 1. The molecule has 0 bridgehead atoms. The van der Waals surface area contributed by atoms with E-state index in [1.807, 2.05) is 0 Å². The Balaban J connectivity index is 2.12. The fourth-order valence-corrected chi connectivity index (χ4v) is 1.72. The maximum Gasteiger partial charge on any atom is 0.328 e. The van der Waals surface area contributed by atoms with E-state index < -0.39 is 0 Å². The summed E-state index contributed by atoms with van der Waals surface area (Å²) in [6.45, 7) is 2.13. The summed E-state index contributed by atoms with van der Waals surface area (Å²) < 4.78 is 17.8. The van der Waals surface area contributed by atoms with Crippen molar-refractivity contribution >= 4 is 11.7 Å². The molecule has 0 saturated heterocycles. The van der Waals surface area contributed by atoms with E-state index in [9.17, 15) is 9.18 Å². The molecule has 1 aromatic carbocycles. The van der Waals surface area contributed by atoms with E-state index >= 15 is 0 Å². The molecule has 1 N–H and O–H groups in total. The van der Waals surface area contributed by atoms with Crippen molar-refractivity contribution in [1.82, 2.24) is 0 Å². The molecule has 80 valence electrons. The number of fused-ring (bicyclic) bond motifs is 1. The zero-order valence-electron chi connectivity index (χ0n) is 8.42. The van der Waals surface area contributed by atoms with Crippen molar-refractivity contribution < 1.29 is 13.9 Å². The summed E-state index contributed by atoms with van der Waals surface area (Å²) in [6, 6.07) is 4.09. The number of halogens is 1. The van der Waals surface area contributed by atoms with Crippen molar-refractivity contribution in [2.45, 2.75) is 19.4 Å². The molecular weight excluding hydrogens is 197 g/mol. The van der Waals surface area contributed by atoms with Crippen LogP contribution in [0.3, 0.4) is 0 Å². The van der Waals surface area contributed by atoms with Crippen LogP contribution in [0.15, 0.2) is 18.2 Å². The Morgan fingerprint density at radius 1 is 1.67 bits per heavy atom. The molecule has 4 heteroatoms. The minimum absolute atomic E-state index is 0.278. The van der Waals surface area contributed by atoms with Crippen LogP contribution in [-0.2, 0) is 16.0 Å². The topological polar surface area (TPSA) is 38.3 Å². The summed E-state index contributed by atoms with van der Waals surface area (Å²) in [5.74, 6) is -0.561. The van der Waals surface area contributed by atoms with Crippen LogP contribution in [0.5, 0.6) is 0 Å². The highest BCUT2D eigenvalue weighted by atomic mass is 19.1. The average molecular weight is 209 g/mol. The molecule has 1 unspecified atom stereocenters. The Hall–Kier alpha value is -1.58. The standard InChI is InChI=1S/C11H12FNO2/c1-2-15-11(14)10-6-7-5-8(12)3-4-9(7)13-10/h3-5,10,13H,2,6H2,1H3. The predicted molar refractivity (Wildman–Crippen MR) is 54.1 cm³/mol. The number of rotatable bonds is 2. The third-order valence-corrected chi connectivity index (χ3v) is 2.39. The molecule has 15 heavy (non-hydrogen) atoms. The molecule has 0 fully saturated rings. The van der Waals surface area contributed by atoms with E-state index in [0.717, 1.165) is 11.3 Å². The van der Waals surface area contributed by atoms with Crippen LogP contribution in [0.4, 0.5) is 10.1 Å². The molecule has 3 nitrogen and oxygen atoms in total. The number of carbonyl (C=O) groups excluding carboxylic acids is 1. The van der Waals surface area contributed by atoms with E-state index in [4.69, 9.17) is 4.74 Å². The highest BCUT2D eigenvalue weighted by molar-refractivity contribution is 5.82.